The third-order valence-corrected chi connectivity index (χ3v) is 9.66. The molecule has 1 atom stereocenters. The van der Waals surface area contributed by atoms with Crippen LogP contribution in [0.3, 0.4) is 0 Å². The number of amides is 1. The second-order valence-electron chi connectivity index (χ2n) is 11.9. The summed E-state index contributed by atoms with van der Waals surface area (Å²) in [5.41, 5.74) is 3.79. The number of anilines is 2. The molecule has 1 fully saturated rings. The molecule has 3 aromatic heterocycles. The molecule has 242 valence electrons. The Morgan fingerprint density at radius 3 is 2.62 bits per heavy atom. The lowest BCUT2D eigenvalue weighted by Gasteiger charge is -2.33. The van der Waals surface area contributed by atoms with Crippen molar-refractivity contribution >= 4 is 38.5 Å². The van der Waals surface area contributed by atoms with Gasteiger partial charge in [0.15, 0.2) is 5.65 Å². The van der Waals surface area contributed by atoms with Gasteiger partial charge < -0.3 is 15.5 Å². The lowest BCUT2D eigenvalue weighted by Crippen LogP contribution is -2.41. The largest absolute Gasteiger partial charge is 0.366 e. The molecule has 2 N–H and O–H groups in total. The molecule has 1 amide bonds. The summed E-state index contributed by atoms with van der Waals surface area (Å²) < 4.78 is 27.6. The molecular formula is C35H38N8O3S. The van der Waals surface area contributed by atoms with Crippen LogP contribution in [-0.4, -0.2) is 82.8 Å². The lowest BCUT2D eigenvalue weighted by molar-refractivity contribution is -0.111. The molecule has 0 radical (unpaired) electrons. The van der Waals surface area contributed by atoms with E-state index in [-0.39, 0.29) is 16.8 Å². The Bertz CT molecular complexity index is 1980. The zero-order chi connectivity index (χ0) is 32.8. The summed E-state index contributed by atoms with van der Waals surface area (Å²) in [4.78, 5) is 30.2. The highest BCUT2D eigenvalue weighted by atomic mass is 32.2. The number of hydrogen-bond acceptors (Lipinski definition) is 9. The molecule has 1 aliphatic rings. The lowest BCUT2D eigenvalue weighted by atomic mass is 10.0. The maximum absolute atomic E-state index is 13.2. The third kappa shape index (κ3) is 7.91. The summed E-state index contributed by atoms with van der Waals surface area (Å²) in [5.74, 6) is 0.591. The van der Waals surface area contributed by atoms with Crippen LogP contribution in [0.5, 0.6) is 0 Å². The van der Waals surface area contributed by atoms with Gasteiger partial charge in [0.25, 0.3) is 10.0 Å². The molecule has 0 aliphatic carbocycles. The highest BCUT2D eigenvalue weighted by Crippen LogP contribution is 2.26. The minimum Gasteiger partial charge on any atom is -0.366 e. The molecule has 0 bridgehead atoms. The van der Waals surface area contributed by atoms with Crippen molar-refractivity contribution in [1.82, 2.24) is 28.7 Å². The molecule has 1 saturated heterocycles. The van der Waals surface area contributed by atoms with Crippen LogP contribution in [0, 0.1) is 0 Å². The zero-order valence-electron chi connectivity index (χ0n) is 26.5. The number of pyridine rings is 1. The molecule has 12 heteroatoms. The number of carbonyl (C=O) groups is 1. The molecule has 0 spiro atoms. The van der Waals surface area contributed by atoms with E-state index in [0.717, 1.165) is 49.5 Å². The van der Waals surface area contributed by atoms with Crippen LogP contribution in [0.2, 0.25) is 0 Å². The van der Waals surface area contributed by atoms with E-state index in [9.17, 15) is 13.2 Å². The quantitative estimate of drug-likeness (QED) is 0.193. The number of hydrogen-bond donors (Lipinski definition) is 2. The second-order valence-corrected chi connectivity index (χ2v) is 13.7. The number of nitrogens with zero attached hydrogens (tertiary/aromatic N) is 6. The summed E-state index contributed by atoms with van der Waals surface area (Å²) in [6.07, 6.45) is 10.2. The molecule has 5 aromatic rings. The number of piperidine rings is 1. The van der Waals surface area contributed by atoms with Crippen LogP contribution in [0.25, 0.3) is 22.3 Å². The van der Waals surface area contributed by atoms with Crippen molar-refractivity contribution in [2.45, 2.75) is 30.3 Å². The predicted molar refractivity (Wildman–Crippen MR) is 184 cm³/mol. The topological polar surface area (TPSA) is 125 Å². The minimum atomic E-state index is -3.76. The number of fused-ring (bicyclic) bond motifs is 1. The van der Waals surface area contributed by atoms with E-state index in [1.807, 2.05) is 49.3 Å². The molecule has 47 heavy (non-hydrogen) atoms. The van der Waals surface area contributed by atoms with Crippen molar-refractivity contribution in [1.29, 1.82) is 0 Å². The van der Waals surface area contributed by atoms with E-state index in [1.54, 1.807) is 48.7 Å². The van der Waals surface area contributed by atoms with E-state index in [2.05, 4.69) is 42.6 Å². The van der Waals surface area contributed by atoms with Gasteiger partial charge in [-0.1, -0.05) is 36.4 Å². The van der Waals surface area contributed by atoms with Gasteiger partial charge in [-0.2, -0.15) is 0 Å². The van der Waals surface area contributed by atoms with Gasteiger partial charge in [0.05, 0.1) is 10.6 Å². The molecule has 6 rings (SSSR count). The Kier molecular flexibility index (Phi) is 9.71. The van der Waals surface area contributed by atoms with Gasteiger partial charge in [0.1, 0.15) is 12.1 Å². The number of likely N-dealkylation sites (N-methyl/N-ethyl adjacent to an activating group) is 1. The van der Waals surface area contributed by atoms with Crippen molar-refractivity contribution in [3.05, 3.63) is 109 Å². The first-order valence-electron chi connectivity index (χ1n) is 15.5. The Morgan fingerprint density at radius 1 is 1.02 bits per heavy atom. The number of benzene rings is 2. The average molecular weight is 651 g/mol. The smallest absolute Gasteiger partial charge is 0.269 e. The highest BCUT2D eigenvalue weighted by molar-refractivity contribution is 7.90. The summed E-state index contributed by atoms with van der Waals surface area (Å²) in [7, 11) is 0.154. The monoisotopic (exact) mass is 650 g/mol. The normalized spacial score (nSPS) is 15.8. The average Bonchev–Trinajstić information content (AvgIpc) is 3.51. The fourth-order valence-electron chi connectivity index (χ4n) is 5.67. The fraction of sp³-hybridized carbons (Fsp3) is 0.257. The molecule has 4 heterocycles. The predicted octanol–water partition coefficient (Wildman–Crippen LogP) is 4.86. The first-order valence-corrected chi connectivity index (χ1v) is 17.0. The Morgan fingerprint density at radius 2 is 1.83 bits per heavy atom. The maximum Gasteiger partial charge on any atom is 0.269 e. The Balaban J connectivity index is 1.07. The molecular weight excluding hydrogens is 613 g/mol. The fourth-order valence-corrected chi connectivity index (χ4v) is 7.00. The summed E-state index contributed by atoms with van der Waals surface area (Å²) in [6, 6.07) is 22.1. The van der Waals surface area contributed by atoms with Crippen LogP contribution in [0.1, 0.15) is 18.4 Å². The van der Waals surface area contributed by atoms with Crippen LogP contribution < -0.4 is 10.6 Å². The van der Waals surface area contributed by atoms with Crippen molar-refractivity contribution in [3.63, 3.8) is 0 Å². The molecule has 11 nitrogen and oxygen atoms in total. The van der Waals surface area contributed by atoms with Crippen molar-refractivity contribution < 1.29 is 13.2 Å². The van der Waals surface area contributed by atoms with Crippen LogP contribution in [-0.2, 0) is 21.4 Å². The molecule has 1 aliphatic heterocycles. The Labute approximate surface area is 275 Å². The van der Waals surface area contributed by atoms with Crippen molar-refractivity contribution in [2.24, 2.45) is 0 Å². The van der Waals surface area contributed by atoms with Gasteiger partial charge in [-0.15, -0.1) is 0 Å². The molecule has 1 unspecified atom stereocenters. The second kappa shape index (κ2) is 14.2. The summed E-state index contributed by atoms with van der Waals surface area (Å²) in [5, 5.41) is 7.20. The standard InChI is InChI=1S/C35H38N8O3S/c1-41(2)17-7-11-34(44)40-29-14-12-26(13-15-29)23-42-18-6-8-30(24-42)39-33-21-32(37-25-38-33)28-20-27-16-19-43(35(27)36-22-28)47(45,46)31-9-4-3-5-10-31/h3-5,7,9-16,19-22,25,30H,6,8,17-18,23-24H2,1-2H3,(H,40,44)(H,37,38,39). The zero-order valence-corrected chi connectivity index (χ0v) is 27.3. The third-order valence-electron chi connectivity index (χ3n) is 7.98. The number of carbonyl (C=O) groups excluding carboxylic acids is 1. The van der Waals surface area contributed by atoms with E-state index in [1.165, 1.54) is 22.1 Å². The van der Waals surface area contributed by atoms with Gasteiger partial charge >= 0.3 is 0 Å². The number of aromatic nitrogens is 4. The molecule has 2 aromatic carbocycles. The number of nitrogens with one attached hydrogen (secondary N) is 2. The van der Waals surface area contributed by atoms with Gasteiger partial charge in [0, 0.05) is 66.8 Å². The van der Waals surface area contributed by atoms with Crippen molar-refractivity contribution in [3.8, 4) is 11.3 Å². The van der Waals surface area contributed by atoms with Gasteiger partial charge in [-0.25, -0.2) is 27.3 Å². The van der Waals surface area contributed by atoms with E-state index < -0.39 is 10.0 Å². The van der Waals surface area contributed by atoms with Crippen LogP contribution in [0.4, 0.5) is 11.5 Å². The first kappa shape index (κ1) is 32.0. The number of rotatable bonds is 11. The Hall–Kier alpha value is -4.91. The van der Waals surface area contributed by atoms with Gasteiger partial charge in [-0.05, 0) is 75.4 Å². The minimum absolute atomic E-state index is 0.136. The highest BCUT2D eigenvalue weighted by Gasteiger charge is 2.22. The SMILES string of the molecule is CN(C)CC=CC(=O)Nc1ccc(CN2CCCC(Nc3cc(-c4cnc5c(ccn5S(=O)(=O)c5ccccc5)c4)ncn3)C2)cc1. The van der Waals surface area contributed by atoms with Crippen molar-refractivity contribution in [2.75, 3.05) is 44.4 Å². The van der Waals surface area contributed by atoms with E-state index >= 15 is 0 Å². The number of likely N-dealkylation sites (tertiary alicyclic amines) is 1. The maximum atomic E-state index is 13.2. The van der Waals surface area contributed by atoms with E-state index in [0.29, 0.717) is 23.3 Å². The van der Waals surface area contributed by atoms with Crippen LogP contribution in [0.15, 0.2) is 109 Å². The summed E-state index contributed by atoms with van der Waals surface area (Å²) >= 11 is 0. The van der Waals surface area contributed by atoms with Crippen LogP contribution >= 0.6 is 0 Å². The molecule has 0 saturated carbocycles. The first-order chi connectivity index (χ1) is 22.7. The van der Waals surface area contributed by atoms with Gasteiger partial charge in [0.2, 0.25) is 5.91 Å². The summed E-state index contributed by atoms with van der Waals surface area (Å²) in [6.45, 7) is 3.40. The van der Waals surface area contributed by atoms with Gasteiger partial charge in [-0.3, -0.25) is 9.69 Å². The van der Waals surface area contributed by atoms with E-state index in [4.69, 9.17) is 0 Å².